The molecule has 0 aromatic heterocycles. The molecule has 1 aliphatic heterocycles. The van der Waals surface area contributed by atoms with Gasteiger partial charge in [0.1, 0.15) is 0 Å². The molecule has 0 aliphatic carbocycles. The lowest BCUT2D eigenvalue weighted by atomic mass is 10.2. The highest BCUT2D eigenvalue weighted by molar-refractivity contribution is 4.72. The van der Waals surface area contributed by atoms with Crippen molar-refractivity contribution in [3.05, 3.63) is 0 Å². The average molecular weight is 175 g/mol. The molecule has 0 saturated carbocycles. The maximum Gasteiger partial charge on any atom is 0.162 e. The number of ether oxygens (including phenoxy) is 2. The van der Waals surface area contributed by atoms with E-state index < -0.39 is 5.79 Å². The van der Waals surface area contributed by atoms with Crippen molar-refractivity contribution in [3.63, 3.8) is 0 Å². The van der Waals surface area contributed by atoms with E-state index in [4.69, 9.17) is 14.6 Å². The van der Waals surface area contributed by atoms with E-state index in [0.717, 1.165) is 0 Å². The van der Waals surface area contributed by atoms with Gasteiger partial charge in [0.05, 0.1) is 25.9 Å². The van der Waals surface area contributed by atoms with Crippen molar-refractivity contribution in [1.29, 1.82) is 0 Å². The Labute approximate surface area is 72.9 Å². The summed E-state index contributed by atoms with van der Waals surface area (Å²) in [5.74, 6) is -0.447. The van der Waals surface area contributed by atoms with Crippen molar-refractivity contribution < 1.29 is 14.6 Å². The molecule has 1 saturated heterocycles. The smallest absolute Gasteiger partial charge is 0.162 e. The molecule has 72 valence electrons. The van der Waals surface area contributed by atoms with Crippen LogP contribution in [0.15, 0.2) is 0 Å². The van der Waals surface area contributed by atoms with Crippen LogP contribution in [0.1, 0.15) is 13.8 Å². The fourth-order valence-electron chi connectivity index (χ4n) is 1.08. The van der Waals surface area contributed by atoms with Gasteiger partial charge in [0, 0.05) is 6.54 Å². The van der Waals surface area contributed by atoms with E-state index in [2.05, 4.69) is 5.32 Å². The summed E-state index contributed by atoms with van der Waals surface area (Å²) in [5.41, 5.74) is 0. The van der Waals surface area contributed by atoms with Crippen LogP contribution in [0.2, 0.25) is 0 Å². The van der Waals surface area contributed by atoms with Gasteiger partial charge in [0.15, 0.2) is 5.79 Å². The number of nitrogens with one attached hydrogen (secondary N) is 1. The third kappa shape index (κ3) is 3.06. The van der Waals surface area contributed by atoms with Crippen molar-refractivity contribution >= 4 is 0 Å². The minimum Gasteiger partial charge on any atom is -0.395 e. The van der Waals surface area contributed by atoms with Gasteiger partial charge in [-0.05, 0) is 13.8 Å². The van der Waals surface area contributed by atoms with E-state index in [0.29, 0.717) is 19.8 Å². The normalized spacial score (nSPS) is 24.2. The van der Waals surface area contributed by atoms with E-state index in [9.17, 15) is 0 Å². The molecule has 12 heavy (non-hydrogen) atoms. The minimum absolute atomic E-state index is 0.153. The number of aliphatic hydroxyl groups is 1. The van der Waals surface area contributed by atoms with E-state index in [1.165, 1.54) is 0 Å². The van der Waals surface area contributed by atoms with Crippen LogP contribution < -0.4 is 5.32 Å². The number of rotatable bonds is 3. The van der Waals surface area contributed by atoms with Gasteiger partial charge < -0.3 is 19.9 Å². The zero-order valence-electron chi connectivity index (χ0n) is 7.67. The van der Waals surface area contributed by atoms with Gasteiger partial charge in [-0.15, -0.1) is 0 Å². The number of hydrogen-bond donors (Lipinski definition) is 2. The lowest BCUT2D eigenvalue weighted by Crippen LogP contribution is -2.49. The molecular formula is C8H17NO3. The molecule has 1 rings (SSSR count). The number of aliphatic hydroxyl groups excluding tert-OH is 1. The third-order valence-electron chi connectivity index (χ3n) is 1.81. The molecule has 0 amide bonds. The molecule has 2 N–H and O–H groups in total. The molecule has 1 aliphatic rings. The SMILES string of the molecule is CC1(C)OCC(NCCO)CO1. The largest absolute Gasteiger partial charge is 0.395 e. The predicted molar refractivity (Wildman–Crippen MR) is 44.9 cm³/mol. The van der Waals surface area contributed by atoms with Gasteiger partial charge in [-0.3, -0.25) is 0 Å². The van der Waals surface area contributed by atoms with Crippen LogP contribution in [-0.4, -0.2) is 43.3 Å². The molecule has 1 heterocycles. The van der Waals surface area contributed by atoms with Gasteiger partial charge in [-0.25, -0.2) is 0 Å². The fourth-order valence-corrected chi connectivity index (χ4v) is 1.08. The molecule has 0 spiro atoms. The first-order valence-corrected chi connectivity index (χ1v) is 4.26. The first kappa shape index (κ1) is 9.92. The second-order valence-corrected chi connectivity index (χ2v) is 3.40. The Hall–Kier alpha value is -0.160. The standard InChI is InChI=1S/C8H17NO3/c1-8(2)11-5-7(6-12-8)9-3-4-10/h7,9-10H,3-6H2,1-2H3. The molecule has 0 aromatic carbocycles. The highest BCUT2D eigenvalue weighted by Gasteiger charge is 2.27. The van der Waals surface area contributed by atoms with Gasteiger partial charge in [0.25, 0.3) is 0 Å². The second kappa shape index (κ2) is 4.18. The Morgan fingerprint density at radius 1 is 1.42 bits per heavy atom. The summed E-state index contributed by atoms with van der Waals surface area (Å²) in [6, 6.07) is 0.213. The second-order valence-electron chi connectivity index (χ2n) is 3.40. The van der Waals surface area contributed by atoms with E-state index in [1.54, 1.807) is 0 Å². The maximum absolute atomic E-state index is 8.56. The van der Waals surface area contributed by atoms with Crippen molar-refractivity contribution in [1.82, 2.24) is 5.32 Å². The van der Waals surface area contributed by atoms with E-state index in [1.807, 2.05) is 13.8 Å². The summed E-state index contributed by atoms with van der Waals surface area (Å²) < 4.78 is 10.8. The summed E-state index contributed by atoms with van der Waals surface area (Å²) >= 11 is 0. The van der Waals surface area contributed by atoms with Gasteiger partial charge >= 0.3 is 0 Å². The highest BCUT2D eigenvalue weighted by Crippen LogP contribution is 2.16. The van der Waals surface area contributed by atoms with Crippen LogP contribution in [0.5, 0.6) is 0 Å². The lowest BCUT2D eigenvalue weighted by Gasteiger charge is -2.35. The quantitative estimate of drug-likeness (QED) is 0.619. The van der Waals surface area contributed by atoms with Gasteiger partial charge in [0.2, 0.25) is 0 Å². The average Bonchev–Trinajstić information content (AvgIpc) is 2.03. The summed E-state index contributed by atoms with van der Waals surface area (Å²) in [6.45, 7) is 5.84. The molecule has 4 nitrogen and oxygen atoms in total. The lowest BCUT2D eigenvalue weighted by molar-refractivity contribution is -0.252. The highest BCUT2D eigenvalue weighted by atomic mass is 16.7. The van der Waals surface area contributed by atoms with Crippen molar-refractivity contribution in [3.8, 4) is 0 Å². The van der Waals surface area contributed by atoms with Crippen LogP contribution in [0.25, 0.3) is 0 Å². The molecular weight excluding hydrogens is 158 g/mol. The van der Waals surface area contributed by atoms with Crippen LogP contribution in [0, 0.1) is 0 Å². The fraction of sp³-hybridized carbons (Fsp3) is 1.00. The Kier molecular flexibility index (Phi) is 3.46. The summed E-state index contributed by atoms with van der Waals surface area (Å²) in [5, 5.41) is 11.7. The Balaban J connectivity index is 2.18. The Morgan fingerprint density at radius 2 is 2.00 bits per heavy atom. The van der Waals surface area contributed by atoms with E-state index >= 15 is 0 Å². The molecule has 1 fully saturated rings. The maximum atomic E-state index is 8.56. The molecule has 0 bridgehead atoms. The zero-order chi connectivity index (χ0) is 9.03. The van der Waals surface area contributed by atoms with E-state index in [-0.39, 0.29) is 12.6 Å². The van der Waals surface area contributed by atoms with Crippen LogP contribution in [0.4, 0.5) is 0 Å². The first-order valence-electron chi connectivity index (χ1n) is 4.26. The Bertz CT molecular complexity index is 128. The molecule has 0 unspecified atom stereocenters. The molecule has 0 atom stereocenters. The van der Waals surface area contributed by atoms with Crippen LogP contribution in [-0.2, 0) is 9.47 Å². The van der Waals surface area contributed by atoms with Crippen LogP contribution in [0.3, 0.4) is 0 Å². The predicted octanol–water partition coefficient (Wildman–Crippen LogP) is -0.280. The summed E-state index contributed by atoms with van der Waals surface area (Å²) in [7, 11) is 0. The minimum atomic E-state index is -0.447. The molecule has 0 aromatic rings. The van der Waals surface area contributed by atoms with Gasteiger partial charge in [-0.1, -0.05) is 0 Å². The Morgan fingerprint density at radius 3 is 2.50 bits per heavy atom. The summed E-state index contributed by atoms with van der Waals surface area (Å²) in [4.78, 5) is 0. The van der Waals surface area contributed by atoms with Crippen molar-refractivity contribution in [2.24, 2.45) is 0 Å². The van der Waals surface area contributed by atoms with Crippen molar-refractivity contribution in [2.45, 2.75) is 25.7 Å². The topological polar surface area (TPSA) is 50.7 Å². The first-order chi connectivity index (χ1) is 5.64. The molecule has 4 heteroatoms. The monoisotopic (exact) mass is 175 g/mol. The van der Waals surface area contributed by atoms with Crippen molar-refractivity contribution in [2.75, 3.05) is 26.4 Å². The zero-order valence-corrected chi connectivity index (χ0v) is 7.67. The molecule has 0 radical (unpaired) electrons. The third-order valence-corrected chi connectivity index (χ3v) is 1.81. The number of hydrogen-bond acceptors (Lipinski definition) is 4. The van der Waals surface area contributed by atoms with Crippen LogP contribution >= 0.6 is 0 Å². The van der Waals surface area contributed by atoms with Gasteiger partial charge in [-0.2, -0.15) is 0 Å². The summed E-state index contributed by atoms with van der Waals surface area (Å²) in [6.07, 6.45) is 0.